The Bertz CT molecular complexity index is 184. The second-order valence-corrected chi connectivity index (χ2v) is 6.67. The van der Waals surface area contributed by atoms with Gasteiger partial charge in [-0.25, -0.2) is 0 Å². The molecule has 1 saturated carbocycles. The van der Waals surface area contributed by atoms with Crippen LogP contribution >= 0.6 is 0 Å². The highest BCUT2D eigenvalue weighted by atomic mass is 14.9. The van der Waals surface area contributed by atoms with Gasteiger partial charge in [-0.2, -0.15) is 0 Å². The van der Waals surface area contributed by atoms with Gasteiger partial charge in [0.2, 0.25) is 0 Å². The number of rotatable bonds is 13. The zero-order chi connectivity index (χ0) is 13.1. The van der Waals surface area contributed by atoms with Crippen LogP contribution in [0, 0.1) is 5.41 Å². The summed E-state index contributed by atoms with van der Waals surface area (Å²) in [5.41, 5.74) is 0.679. The summed E-state index contributed by atoms with van der Waals surface area (Å²) in [5, 5.41) is 3.61. The SMILES string of the molecule is CCCCCCCCCCCCNCC1(C)CC1. The van der Waals surface area contributed by atoms with Gasteiger partial charge in [0.05, 0.1) is 0 Å². The summed E-state index contributed by atoms with van der Waals surface area (Å²) in [6, 6.07) is 0. The molecule has 0 radical (unpaired) electrons. The Labute approximate surface area is 115 Å². The lowest BCUT2D eigenvalue weighted by Gasteiger charge is -2.09. The quantitative estimate of drug-likeness (QED) is 0.439. The van der Waals surface area contributed by atoms with E-state index in [9.17, 15) is 0 Å². The van der Waals surface area contributed by atoms with Crippen LogP contribution in [0.3, 0.4) is 0 Å². The molecule has 1 heteroatoms. The van der Waals surface area contributed by atoms with Gasteiger partial charge in [-0.05, 0) is 31.2 Å². The van der Waals surface area contributed by atoms with Crippen LogP contribution in [0.15, 0.2) is 0 Å². The highest BCUT2D eigenvalue weighted by molar-refractivity contribution is 4.90. The highest BCUT2D eigenvalue weighted by Gasteiger charge is 2.36. The van der Waals surface area contributed by atoms with Crippen LogP contribution in [0.1, 0.15) is 90.9 Å². The molecule has 0 atom stereocenters. The van der Waals surface area contributed by atoms with Gasteiger partial charge in [-0.1, -0.05) is 71.6 Å². The van der Waals surface area contributed by atoms with Gasteiger partial charge in [0.15, 0.2) is 0 Å². The van der Waals surface area contributed by atoms with Crippen molar-refractivity contribution < 1.29 is 0 Å². The molecular formula is C17H35N. The maximum atomic E-state index is 3.61. The molecule has 0 unspecified atom stereocenters. The summed E-state index contributed by atoms with van der Waals surface area (Å²) in [5.74, 6) is 0. The lowest BCUT2D eigenvalue weighted by Crippen LogP contribution is -2.22. The van der Waals surface area contributed by atoms with Crippen molar-refractivity contribution in [2.75, 3.05) is 13.1 Å². The Kier molecular flexibility index (Phi) is 8.75. The molecule has 0 bridgehead atoms. The van der Waals surface area contributed by atoms with Crippen molar-refractivity contribution >= 4 is 0 Å². The molecule has 1 nitrogen and oxygen atoms in total. The zero-order valence-corrected chi connectivity index (χ0v) is 12.9. The lowest BCUT2D eigenvalue weighted by molar-refractivity contribution is 0.482. The van der Waals surface area contributed by atoms with Crippen LogP contribution in [0.4, 0.5) is 0 Å². The molecule has 0 aromatic carbocycles. The first-order valence-corrected chi connectivity index (χ1v) is 8.47. The maximum Gasteiger partial charge on any atom is 0.000517 e. The second-order valence-electron chi connectivity index (χ2n) is 6.67. The van der Waals surface area contributed by atoms with Crippen molar-refractivity contribution in [2.24, 2.45) is 5.41 Å². The van der Waals surface area contributed by atoms with Crippen molar-refractivity contribution in [3.63, 3.8) is 0 Å². The summed E-state index contributed by atoms with van der Waals surface area (Å²) >= 11 is 0. The number of nitrogens with one attached hydrogen (secondary N) is 1. The van der Waals surface area contributed by atoms with E-state index < -0.39 is 0 Å². The van der Waals surface area contributed by atoms with E-state index in [2.05, 4.69) is 19.2 Å². The first kappa shape index (κ1) is 16.0. The first-order chi connectivity index (χ1) is 8.77. The molecule has 0 heterocycles. The summed E-state index contributed by atoms with van der Waals surface area (Å²) in [4.78, 5) is 0. The summed E-state index contributed by atoms with van der Waals surface area (Å²) < 4.78 is 0. The molecule has 0 spiro atoms. The molecule has 108 valence electrons. The van der Waals surface area contributed by atoms with Gasteiger partial charge in [0.25, 0.3) is 0 Å². The van der Waals surface area contributed by atoms with Crippen molar-refractivity contribution in [3.8, 4) is 0 Å². The summed E-state index contributed by atoms with van der Waals surface area (Å²) in [7, 11) is 0. The number of hydrogen-bond acceptors (Lipinski definition) is 1. The van der Waals surface area contributed by atoms with E-state index in [1.807, 2.05) is 0 Å². The lowest BCUT2D eigenvalue weighted by atomic mass is 10.1. The van der Waals surface area contributed by atoms with Crippen LogP contribution in [0.5, 0.6) is 0 Å². The Morgan fingerprint density at radius 1 is 0.778 bits per heavy atom. The Morgan fingerprint density at radius 3 is 1.78 bits per heavy atom. The van der Waals surface area contributed by atoms with Gasteiger partial charge in [-0.15, -0.1) is 0 Å². The normalized spacial score (nSPS) is 17.0. The third kappa shape index (κ3) is 8.97. The van der Waals surface area contributed by atoms with E-state index in [1.165, 1.54) is 90.1 Å². The minimum absolute atomic E-state index is 0.679. The van der Waals surface area contributed by atoms with Gasteiger partial charge < -0.3 is 5.32 Å². The molecule has 1 aliphatic rings. The van der Waals surface area contributed by atoms with E-state index in [-0.39, 0.29) is 0 Å². The van der Waals surface area contributed by atoms with Crippen LogP contribution in [-0.4, -0.2) is 13.1 Å². The fourth-order valence-electron chi connectivity index (χ4n) is 2.52. The smallest absolute Gasteiger partial charge is 0.000517 e. The van der Waals surface area contributed by atoms with Gasteiger partial charge in [0.1, 0.15) is 0 Å². The van der Waals surface area contributed by atoms with Crippen LogP contribution in [-0.2, 0) is 0 Å². The van der Waals surface area contributed by atoms with Gasteiger partial charge in [-0.3, -0.25) is 0 Å². The third-order valence-corrected chi connectivity index (χ3v) is 4.36. The summed E-state index contributed by atoms with van der Waals surface area (Å²) in [6.07, 6.45) is 17.3. The van der Waals surface area contributed by atoms with Crippen LogP contribution in [0.25, 0.3) is 0 Å². The van der Waals surface area contributed by atoms with Crippen molar-refractivity contribution in [2.45, 2.75) is 90.9 Å². The van der Waals surface area contributed by atoms with Crippen molar-refractivity contribution in [1.82, 2.24) is 5.32 Å². The van der Waals surface area contributed by atoms with Crippen LogP contribution < -0.4 is 5.32 Å². The van der Waals surface area contributed by atoms with E-state index in [4.69, 9.17) is 0 Å². The molecule has 1 aliphatic carbocycles. The molecule has 0 aliphatic heterocycles. The highest BCUT2D eigenvalue weighted by Crippen LogP contribution is 2.43. The number of unbranched alkanes of at least 4 members (excludes halogenated alkanes) is 9. The maximum absolute atomic E-state index is 3.61. The van der Waals surface area contributed by atoms with E-state index >= 15 is 0 Å². The van der Waals surface area contributed by atoms with E-state index in [0.717, 1.165) is 0 Å². The Hall–Kier alpha value is -0.0400. The molecule has 0 saturated heterocycles. The predicted molar refractivity (Wildman–Crippen MR) is 82.1 cm³/mol. The molecule has 1 rings (SSSR count). The van der Waals surface area contributed by atoms with E-state index in [1.54, 1.807) is 0 Å². The van der Waals surface area contributed by atoms with E-state index in [0.29, 0.717) is 5.41 Å². The Morgan fingerprint density at radius 2 is 1.28 bits per heavy atom. The Balaban J connectivity index is 1.66. The summed E-state index contributed by atoms with van der Waals surface area (Å²) in [6.45, 7) is 7.19. The first-order valence-electron chi connectivity index (χ1n) is 8.47. The molecule has 1 fully saturated rings. The molecule has 0 aromatic heterocycles. The van der Waals surface area contributed by atoms with Crippen LogP contribution in [0.2, 0.25) is 0 Å². The minimum Gasteiger partial charge on any atom is -0.316 e. The van der Waals surface area contributed by atoms with Gasteiger partial charge >= 0.3 is 0 Å². The molecule has 18 heavy (non-hydrogen) atoms. The fraction of sp³-hybridized carbons (Fsp3) is 1.00. The van der Waals surface area contributed by atoms with Gasteiger partial charge in [0, 0.05) is 6.54 Å². The molecular weight excluding hydrogens is 218 g/mol. The average Bonchev–Trinajstić information content (AvgIpc) is 3.09. The fourth-order valence-corrected chi connectivity index (χ4v) is 2.52. The van der Waals surface area contributed by atoms with Crippen molar-refractivity contribution in [1.29, 1.82) is 0 Å². The molecule has 0 aromatic rings. The minimum atomic E-state index is 0.679. The molecule has 1 N–H and O–H groups in total. The largest absolute Gasteiger partial charge is 0.316 e. The second kappa shape index (κ2) is 9.83. The third-order valence-electron chi connectivity index (χ3n) is 4.36. The molecule has 0 amide bonds. The van der Waals surface area contributed by atoms with Crippen molar-refractivity contribution in [3.05, 3.63) is 0 Å². The monoisotopic (exact) mass is 253 g/mol. The average molecular weight is 253 g/mol. The topological polar surface area (TPSA) is 12.0 Å². The standard InChI is InChI=1S/C17H35N/c1-3-4-5-6-7-8-9-10-11-12-15-18-16-17(2)13-14-17/h18H,3-16H2,1-2H3. The predicted octanol–water partition coefficient (Wildman–Crippen LogP) is 5.30. The number of hydrogen-bond donors (Lipinski definition) is 1. The zero-order valence-electron chi connectivity index (χ0n) is 12.9.